The van der Waals surface area contributed by atoms with E-state index in [0.717, 1.165) is 30.7 Å². The number of ether oxygens (including phenoxy) is 1. The van der Waals surface area contributed by atoms with Crippen molar-refractivity contribution in [3.8, 4) is 0 Å². The van der Waals surface area contributed by atoms with Crippen LogP contribution in [-0.2, 0) is 17.7 Å². The molecule has 0 radical (unpaired) electrons. The van der Waals surface area contributed by atoms with E-state index >= 15 is 0 Å². The van der Waals surface area contributed by atoms with E-state index in [4.69, 9.17) is 5.11 Å². The van der Waals surface area contributed by atoms with E-state index in [-0.39, 0.29) is 11.7 Å². The van der Waals surface area contributed by atoms with Crippen molar-refractivity contribution in [1.82, 2.24) is 9.55 Å². The van der Waals surface area contributed by atoms with Crippen LogP contribution in [0.2, 0.25) is 0 Å². The third kappa shape index (κ3) is 4.18. The normalized spacial score (nSPS) is 10.5. The number of nitrogens with zero attached hydrogens (tertiary/aromatic N) is 2. The first-order valence-corrected chi connectivity index (χ1v) is 7.51. The summed E-state index contributed by atoms with van der Waals surface area (Å²) in [5.41, 5.74) is 1.51. The van der Waals surface area contributed by atoms with E-state index in [2.05, 4.69) is 16.6 Å². The summed E-state index contributed by atoms with van der Waals surface area (Å²) in [6.07, 6.45) is 4.27. The first-order chi connectivity index (χ1) is 11.0. The summed E-state index contributed by atoms with van der Waals surface area (Å²) in [7, 11) is 1.34. The molecule has 1 heterocycles. The minimum Gasteiger partial charge on any atom is -0.476 e. The van der Waals surface area contributed by atoms with Gasteiger partial charge in [-0.3, -0.25) is 0 Å². The number of unbranched alkanes of at least 4 members (excludes halogenated alkanes) is 1. The number of carbonyl (C=O) groups is 2. The van der Waals surface area contributed by atoms with Gasteiger partial charge in [-0.05, 0) is 24.1 Å². The summed E-state index contributed by atoms with van der Waals surface area (Å²) >= 11 is 0. The topological polar surface area (TPSA) is 81.4 Å². The second-order valence-electron chi connectivity index (χ2n) is 5.27. The molecule has 2 aromatic rings. The Kier molecular flexibility index (Phi) is 5.51. The zero-order chi connectivity index (χ0) is 16.8. The molecule has 1 N–H and O–H groups in total. The quantitative estimate of drug-likeness (QED) is 0.794. The fraction of sp³-hybridized carbons (Fsp3) is 0.353. The van der Waals surface area contributed by atoms with Gasteiger partial charge in [-0.2, -0.15) is 0 Å². The Labute approximate surface area is 134 Å². The number of carbonyl (C=O) groups excluding carboxylic acids is 1. The number of aromatic nitrogens is 2. The molecule has 0 amide bonds. The maximum atomic E-state index is 11.4. The lowest BCUT2D eigenvalue weighted by Gasteiger charge is -2.08. The van der Waals surface area contributed by atoms with Crippen LogP contribution in [0, 0.1) is 0 Å². The van der Waals surface area contributed by atoms with Gasteiger partial charge in [0.05, 0.1) is 12.7 Å². The molecule has 1 aromatic carbocycles. The van der Waals surface area contributed by atoms with Gasteiger partial charge in [-0.15, -0.1) is 0 Å². The number of carboxylic acids is 1. The maximum absolute atomic E-state index is 11.4. The van der Waals surface area contributed by atoms with Crippen LogP contribution in [-0.4, -0.2) is 33.7 Å². The van der Waals surface area contributed by atoms with Crippen molar-refractivity contribution in [2.24, 2.45) is 0 Å². The predicted octanol–water partition coefficient (Wildman–Crippen LogP) is 2.76. The van der Waals surface area contributed by atoms with Gasteiger partial charge in [0, 0.05) is 19.2 Å². The molecule has 0 saturated carbocycles. The van der Waals surface area contributed by atoms with E-state index in [1.54, 1.807) is 18.3 Å². The minimum atomic E-state index is -1.03. The molecule has 0 atom stereocenters. The van der Waals surface area contributed by atoms with Crippen molar-refractivity contribution in [1.29, 1.82) is 0 Å². The van der Waals surface area contributed by atoms with Gasteiger partial charge in [0.25, 0.3) is 0 Å². The Balaban J connectivity index is 2.20. The van der Waals surface area contributed by atoms with Crippen LogP contribution < -0.4 is 0 Å². The van der Waals surface area contributed by atoms with Gasteiger partial charge < -0.3 is 14.4 Å². The van der Waals surface area contributed by atoms with Crippen LogP contribution in [0.5, 0.6) is 0 Å². The third-order valence-electron chi connectivity index (χ3n) is 3.56. The summed E-state index contributed by atoms with van der Waals surface area (Å²) in [5, 5.41) is 9.11. The van der Waals surface area contributed by atoms with E-state index in [0.29, 0.717) is 12.1 Å². The van der Waals surface area contributed by atoms with Crippen molar-refractivity contribution < 1.29 is 19.4 Å². The molecule has 0 saturated heterocycles. The molecular weight excluding hydrogens is 296 g/mol. The maximum Gasteiger partial charge on any atom is 0.356 e. The lowest BCUT2D eigenvalue weighted by Crippen LogP contribution is -2.05. The van der Waals surface area contributed by atoms with Gasteiger partial charge >= 0.3 is 11.9 Å². The monoisotopic (exact) mass is 316 g/mol. The molecule has 2 rings (SSSR count). The molecule has 0 bridgehead atoms. The third-order valence-corrected chi connectivity index (χ3v) is 3.56. The van der Waals surface area contributed by atoms with Crippen LogP contribution in [0.1, 0.15) is 52.0 Å². The smallest absolute Gasteiger partial charge is 0.356 e. The Morgan fingerprint density at radius 2 is 1.96 bits per heavy atom. The molecular formula is C17H20N2O4. The SMILES string of the molecule is CCCCc1nc(C(=O)O)cn1Cc1ccc(C(=O)OC)cc1. The van der Waals surface area contributed by atoms with Gasteiger partial charge in [0.15, 0.2) is 5.69 Å². The Bertz CT molecular complexity index is 689. The van der Waals surface area contributed by atoms with Crippen LogP contribution in [0.3, 0.4) is 0 Å². The number of carboxylic acid groups (broad SMARTS) is 1. The minimum absolute atomic E-state index is 0.0577. The molecule has 122 valence electrons. The first-order valence-electron chi connectivity index (χ1n) is 7.51. The summed E-state index contributed by atoms with van der Waals surface area (Å²) < 4.78 is 6.52. The van der Waals surface area contributed by atoms with E-state index in [1.165, 1.54) is 7.11 Å². The van der Waals surface area contributed by atoms with Gasteiger partial charge in [0.2, 0.25) is 0 Å². The molecule has 0 spiro atoms. The predicted molar refractivity (Wildman–Crippen MR) is 84.7 cm³/mol. The van der Waals surface area contributed by atoms with Crippen molar-refractivity contribution >= 4 is 11.9 Å². The fourth-order valence-electron chi connectivity index (χ4n) is 2.29. The van der Waals surface area contributed by atoms with E-state index in [1.807, 2.05) is 16.7 Å². The number of imidazole rings is 1. The Morgan fingerprint density at radius 1 is 1.26 bits per heavy atom. The highest BCUT2D eigenvalue weighted by Gasteiger charge is 2.13. The second-order valence-corrected chi connectivity index (χ2v) is 5.27. The summed E-state index contributed by atoms with van der Waals surface area (Å²) in [4.78, 5) is 26.7. The Morgan fingerprint density at radius 3 is 2.52 bits per heavy atom. The summed E-state index contributed by atoms with van der Waals surface area (Å²) in [6, 6.07) is 7.05. The highest BCUT2D eigenvalue weighted by atomic mass is 16.5. The molecule has 0 fully saturated rings. The second kappa shape index (κ2) is 7.58. The number of hydrogen-bond donors (Lipinski definition) is 1. The fourth-order valence-corrected chi connectivity index (χ4v) is 2.29. The lowest BCUT2D eigenvalue weighted by atomic mass is 10.1. The number of aryl methyl sites for hydroxylation is 1. The summed E-state index contributed by atoms with van der Waals surface area (Å²) in [6.45, 7) is 2.59. The standard InChI is InChI=1S/C17H20N2O4/c1-3-4-5-15-18-14(16(20)21)11-19(15)10-12-6-8-13(9-7-12)17(22)23-2/h6-9,11H,3-5,10H2,1-2H3,(H,20,21). The van der Waals surface area contributed by atoms with Crippen LogP contribution >= 0.6 is 0 Å². The van der Waals surface area contributed by atoms with Gasteiger partial charge in [-0.1, -0.05) is 25.5 Å². The first kappa shape index (κ1) is 16.7. The van der Waals surface area contributed by atoms with E-state index < -0.39 is 5.97 Å². The molecule has 1 aromatic heterocycles. The average Bonchev–Trinajstić information content (AvgIpc) is 2.96. The van der Waals surface area contributed by atoms with Crippen molar-refractivity contribution in [3.05, 3.63) is 53.1 Å². The van der Waals surface area contributed by atoms with Crippen molar-refractivity contribution in [3.63, 3.8) is 0 Å². The molecule has 0 aliphatic rings. The molecule has 0 unspecified atom stereocenters. The molecule has 6 heteroatoms. The van der Waals surface area contributed by atoms with Gasteiger partial charge in [0.1, 0.15) is 5.82 Å². The highest BCUT2D eigenvalue weighted by Crippen LogP contribution is 2.12. The lowest BCUT2D eigenvalue weighted by molar-refractivity contribution is 0.0599. The number of rotatable bonds is 7. The number of hydrogen-bond acceptors (Lipinski definition) is 4. The molecule has 23 heavy (non-hydrogen) atoms. The average molecular weight is 316 g/mol. The number of methoxy groups -OCH3 is 1. The van der Waals surface area contributed by atoms with E-state index in [9.17, 15) is 9.59 Å². The van der Waals surface area contributed by atoms with Crippen molar-refractivity contribution in [2.75, 3.05) is 7.11 Å². The molecule has 0 aliphatic heterocycles. The summed E-state index contributed by atoms with van der Waals surface area (Å²) in [5.74, 6) is -0.639. The largest absolute Gasteiger partial charge is 0.476 e. The zero-order valence-corrected chi connectivity index (χ0v) is 13.3. The number of benzene rings is 1. The van der Waals surface area contributed by atoms with Crippen LogP contribution in [0.15, 0.2) is 30.5 Å². The zero-order valence-electron chi connectivity index (χ0n) is 13.3. The van der Waals surface area contributed by atoms with Crippen LogP contribution in [0.25, 0.3) is 0 Å². The molecule has 0 aliphatic carbocycles. The highest BCUT2D eigenvalue weighted by molar-refractivity contribution is 5.89. The molecule has 6 nitrogen and oxygen atoms in total. The van der Waals surface area contributed by atoms with Gasteiger partial charge in [-0.25, -0.2) is 14.6 Å². The Hall–Kier alpha value is -2.63. The van der Waals surface area contributed by atoms with Crippen molar-refractivity contribution in [2.45, 2.75) is 32.7 Å². The number of esters is 1. The van der Waals surface area contributed by atoms with Crippen LogP contribution in [0.4, 0.5) is 0 Å². The number of aromatic carboxylic acids is 1.